The van der Waals surface area contributed by atoms with Crippen LogP contribution in [-0.2, 0) is 0 Å². The molecular formula is C8H9Cl2NS. The molecule has 1 atom stereocenters. The molecule has 0 aliphatic carbocycles. The van der Waals surface area contributed by atoms with Gasteiger partial charge in [-0.05, 0) is 25.5 Å². The van der Waals surface area contributed by atoms with Crippen molar-refractivity contribution in [1.29, 1.82) is 0 Å². The molecule has 1 N–H and O–H groups in total. The standard InChI is InChI=1S/C8H9Cl2NS/c9-7-4-5(8(10)12-7)6-2-1-3-11-6/h4,6,11H,1-3H2. The van der Waals surface area contributed by atoms with Crippen LogP contribution in [0.3, 0.4) is 0 Å². The first-order chi connectivity index (χ1) is 5.77. The Morgan fingerprint density at radius 3 is 2.83 bits per heavy atom. The van der Waals surface area contributed by atoms with E-state index in [1.54, 1.807) is 0 Å². The van der Waals surface area contributed by atoms with Crippen LogP contribution in [0, 0.1) is 0 Å². The van der Waals surface area contributed by atoms with Gasteiger partial charge in [0.2, 0.25) is 0 Å². The third-order valence-electron chi connectivity index (χ3n) is 2.12. The molecule has 1 aliphatic heterocycles. The van der Waals surface area contributed by atoms with Gasteiger partial charge in [-0.1, -0.05) is 23.2 Å². The van der Waals surface area contributed by atoms with Crippen LogP contribution in [0.4, 0.5) is 0 Å². The van der Waals surface area contributed by atoms with Crippen LogP contribution in [0.5, 0.6) is 0 Å². The summed E-state index contributed by atoms with van der Waals surface area (Å²) in [5, 5.41) is 3.39. The summed E-state index contributed by atoms with van der Waals surface area (Å²) >= 11 is 13.3. The fourth-order valence-electron chi connectivity index (χ4n) is 1.54. The molecule has 2 rings (SSSR count). The normalized spacial score (nSPS) is 23.3. The van der Waals surface area contributed by atoms with E-state index in [1.807, 2.05) is 6.07 Å². The van der Waals surface area contributed by atoms with E-state index in [9.17, 15) is 0 Å². The first kappa shape index (κ1) is 8.82. The number of halogens is 2. The van der Waals surface area contributed by atoms with E-state index in [1.165, 1.54) is 29.7 Å². The first-order valence-electron chi connectivity index (χ1n) is 3.95. The van der Waals surface area contributed by atoms with Crippen molar-refractivity contribution in [3.8, 4) is 0 Å². The van der Waals surface area contributed by atoms with Crippen molar-refractivity contribution in [3.63, 3.8) is 0 Å². The molecule has 0 amide bonds. The minimum absolute atomic E-state index is 0.432. The Hall–Kier alpha value is 0.240. The quantitative estimate of drug-likeness (QED) is 0.766. The van der Waals surface area contributed by atoms with Gasteiger partial charge in [-0.25, -0.2) is 0 Å². The topological polar surface area (TPSA) is 12.0 Å². The summed E-state index contributed by atoms with van der Waals surface area (Å²) in [4.78, 5) is 0. The lowest BCUT2D eigenvalue weighted by Gasteiger charge is -2.07. The van der Waals surface area contributed by atoms with Crippen molar-refractivity contribution in [2.24, 2.45) is 0 Å². The maximum Gasteiger partial charge on any atom is 0.0991 e. The second kappa shape index (κ2) is 3.54. The Morgan fingerprint density at radius 1 is 1.50 bits per heavy atom. The Morgan fingerprint density at radius 2 is 2.33 bits per heavy atom. The second-order valence-electron chi connectivity index (χ2n) is 2.93. The molecule has 12 heavy (non-hydrogen) atoms. The van der Waals surface area contributed by atoms with Gasteiger partial charge >= 0.3 is 0 Å². The van der Waals surface area contributed by atoms with Crippen molar-refractivity contribution in [1.82, 2.24) is 5.32 Å². The minimum atomic E-state index is 0.432. The van der Waals surface area contributed by atoms with Crippen LogP contribution < -0.4 is 5.32 Å². The maximum absolute atomic E-state index is 6.02. The number of hydrogen-bond donors (Lipinski definition) is 1. The van der Waals surface area contributed by atoms with Gasteiger partial charge < -0.3 is 5.32 Å². The first-order valence-corrected chi connectivity index (χ1v) is 5.53. The van der Waals surface area contributed by atoms with Crippen molar-refractivity contribution in [2.45, 2.75) is 18.9 Å². The highest BCUT2D eigenvalue weighted by Gasteiger charge is 2.20. The molecule has 0 spiro atoms. The molecule has 1 saturated heterocycles. The van der Waals surface area contributed by atoms with Gasteiger partial charge in [-0.15, -0.1) is 11.3 Å². The van der Waals surface area contributed by atoms with Gasteiger partial charge in [0.15, 0.2) is 0 Å². The zero-order chi connectivity index (χ0) is 8.55. The van der Waals surface area contributed by atoms with Crippen molar-refractivity contribution in [3.05, 3.63) is 20.3 Å². The Kier molecular flexibility index (Phi) is 2.60. The van der Waals surface area contributed by atoms with E-state index < -0.39 is 0 Å². The summed E-state index contributed by atoms with van der Waals surface area (Å²) in [6.07, 6.45) is 2.40. The zero-order valence-electron chi connectivity index (χ0n) is 6.44. The number of thiophene rings is 1. The molecular weight excluding hydrogens is 213 g/mol. The summed E-state index contributed by atoms with van der Waals surface area (Å²) in [5.74, 6) is 0. The molecule has 0 saturated carbocycles. The van der Waals surface area contributed by atoms with Gasteiger partial charge in [-0.2, -0.15) is 0 Å². The molecule has 2 heterocycles. The van der Waals surface area contributed by atoms with Gasteiger partial charge in [0.1, 0.15) is 0 Å². The average Bonchev–Trinajstić information content (AvgIpc) is 2.58. The molecule has 1 unspecified atom stereocenters. The minimum Gasteiger partial charge on any atom is -0.310 e. The van der Waals surface area contributed by atoms with Crippen LogP contribution in [-0.4, -0.2) is 6.54 Å². The predicted octanol–water partition coefficient (Wildman–Crippen LogP) is 3.48. The lowest BCUT2D eigenvalue weighted by molar-refractivity contribution is 0.650. The Balaban J connectivity index is 2.25. The molecule has 1 aromatic rings. The molecule has 1 nitrogen and oxygen atoms in total. The summed E-state index contributed by atoms with van der Waals surface area (Å²) in [7, 11) is 0. The Bertz CT molecular complexity index is 279. The number of nitrogens with one attached hydrogen (secondary N) is 1. The molecule has 1 aliphatic rings. The van der Waals surface area contributed by atoms with Crippen molar-refractivity contribution < 1.29 is 0 Å². The summed E-state index contributed by atoms with van der Waals surface area (Å²) in [5.41, 5.74) is 1.17. The average molecular weight is 222 g/mol. The Labute approximate surface area is 85.7 Å². The largest absolute Gasteiger partial charge is 0.310 e. The van der Waals surface area contributed by atoms with Gasteiger partial charge in [0.05, 0.1) is 8.67 Å². The monoisotopic (exact) mass is 221 g/mol. The molecule has 1 fully saturated rings. The van der Waals surface area contributed by atoms with E-state index >= 15 is 0 Å². The molecule has 1 aromatic heterocycles. The lowest BCUT2D eigenvalue weighted by atomic mass is 10.1. The third-order valence-corrected chi connectivity index (χ3v) is 3.64. The fourth-order valence-corrected chi connectivity index (χ4v) is 3.12. The fraction of sp³-hybridized carbons (Fsp3) is 0.500. The molecule has 0 radical (unpaired) electrons. The van der Waals surface area contributed by atoms with Crippen LogP contribution in [0.1, 0.15) is 24.4 Å². The van der Waals surface area contributed by atoms with Gasteiger partial charge in [0, 0.05) is 11.6 Å². The zero-order valence-corrected chi connectivity index (χ0v) is 8.77. The lowest BCUT2D eigenvalue weighted by Crippen LogP contribution is -2.12. The second-order valence-corrected chi connectivity index (χ2v) is 5.21. The highest BCUT2D eigenvalue weighted by Crippen LogP contribution is 2.37. The maximum atomic E-state index is 6.02. The van der Waals surface area contributed by atoms with E-state index in [-0.39, 0.29) is 0 Å². The van der Waals surface area contributed by atoms with Crippen LogP contribution in [0.15, 0.2) is 6.07 Å². The van der Waals surface area contributed by atoms with E-state index in [2.05, 4.69) is 5.32 Å². The van der Waals surface area contributed by atoms with E-state index in [0.717, 1.165) is 15.2 Å². The van der Waals surface area contributed by atoms with Crippen LogP contribution >= 0.6 is 34.5 Å². The van der Waals surface area contributed by atoms with E-state index in [4.69, 9.17) is 23.2 Å². The molecule has 0 bridgehead atoms. The third kappa shape index (κ3) is 1.62. The summed E-state index contributed by atoms with van der Waals surface area (Å²) in [6.45, 7) is 1.09. The van der Waals surface area contributed by atoms with Gasteiger partial charge in [0.25, 0.3) is 0 Å². The molecule has 4 heteroatoms. The number of rotatable bonds is 1. The van der Waals surface area contributed by atoms with Gasteiger partial charge in [-0.3, -0.25) is 0 Å². The predicted molar refractivity (Wildman–Crippen MR) is 54.3 cm³/mol. The highest BCUT2D eigenvalue weighted by molar-refractivity contribution is 7.20. The summed E-state index contributed by atoms with van der Waals surface area (Å²) < 4.78 is 1.61. The van der Waals surface area contributed by atoms with Crippen LogP contribution in [0.25, 0.3) is 0 Å². The summed E-state index contributed by atoms with van der Waals surface area (Å²) in [6, 6.07) is 2.40. The van der Waals surface area contributed by atoms with E-state index in [0.29, 0.717) is 6.04 Å². The molecule has 66 valence electrons. The number of hydrogen-bond acceptors (Lipinski definition) is 2. The molecule has 0 aromatic carbocycles. The van der Waals surface area contributed by atoms with Crippen LogP contribution in [0.2, 0.25) is 8.67 Å². The van der Waals surface area contributed by atoms with Crippen molar-refractivity contribution in [2.75, 3.05) is 6.54 Å². The smallest absolute Gasteiger partial charge is 0.0991 e. The SMILES string of the molecule is Clc1cc(C2CCCN2)c(Cl)s1. The van der Waals surface area contributed by atoms with Crippen molar-refractivity contribution >= 4 is 34.5 Å². The highest BCUT2D eigenvalue weighted by atomic mass is 35.5.